The Morgan fingerprint density at radius 1 is 1.04 bits per heavy atom. The van der Waals surface area contributed by atoms with Gasteiger partial charge in [-0.25, -0.2) is 0 Å². The van der Waals surface area contributed by atoms with Crippen LogP contribution in [-0.2, 0) is 11.3 Å². The summed E-state index contributed by atoms with van der Waals surface area (Å²) in [5, 5.41) is 13.0. The van der Waals surface area contributed by atoms with Gasteiger partial charge in [0, 0.05) is 12.2 Å². The highest BCUT2D eigenvalue weighted by Crippen LogP contribution is 2.39. The molecule has 0 aromatic heterocycles. The summed E-state index contributed by atoms with van der Waals surface area (Å²) in [6.45, 7) is 2.30. The maximum absolute atomic E-state index is 11.2. The Labute approximate surface area is 173 Å². The number of benzene rings is 3. The minimum atomic E-state index is -0.945. The molecular formula is C22H19Cl2NO3. The van der Waals surface area contributed by atoms with Crippen LogP contribution in [0.25, 0.3) is 0 Å². The smallest absolute Gasteiger partial charge is 0.310 e. The van der Waals surface area contributed by atoms with Crippen LogP contribution in [0.3, 0.4) is 0 Å². The second-order valence-electron chi connectivity index (χ2n) is 6.34. The van der Waals surface area contributed by atoms with E-state index in [1.165, 1.54) is 5.56 Å². The average Bonchev–Trinajstić information content (AvgIpc) is 2.70. The Hall–Kier alpha value is -2.69. The van der Waals surface area contributed by atoms with E-state index in [0.29, 0.717) is 17.1 Å². The third kappa shape index (κ3) is 4.97. The third-order valence-electron chi connectivity index (χ3n) is 4.30. The highest BCUT2D eigenvalue weighted by Gasteiger charge is 2.18. The maximum Gasteiger partial charge on any atom is 0.310 e. The number of carboxylic acid groups (broad SMARTS) is 1. The van der Waals surface area contributed by atoms with Crippen molar-refractivity contribution in [1.29, 1.82) is 0 Å². The molecule has 4 nitrogen and oxygen atoms in total. The molecular weight excluding hydrogens is 397 g/mol. The first-order chi connectivity index (χ1) is 13.4. The molecule has 1 unspecified atom stereocenters. The molecule has 0 fully saturated rings. The molecule has 28 heavy (non-hydrogen) atoms. The molecule has 0 aliphatic heterocycles. The number of hydrogen-bond donors (Lipinski definition) is 2. The van der Waals surface area contributed by atoms with Crippen LogP contribution in [0.1, 0.15) is 24.0 Å². The number of hydrogen-bond acceptors (Lipinski definition) is 3. The fourth-order valence-corrected chi connectivity index (χ4v) is 3.21. The van der Waals surface area contributed by atoms with Crippen molar-refractivity contribution in [3.8, 4) is 11.5 Å². The van der Waals surface area contributed by atoms with Crippen molar-refractivity contribution in [1.82, 2.24) is 0 Å². The van der Waals surface area contributed by atoms with E-state index >= 15 is 0 Å². The van der Waals surface area contributed by atoms with Gasteiger partial charge in [0.05, 0.1) is 16.0 Å². The van der Waals surface area contributed by atoms with Crippen molar-refractivity contribution in [3.63, 3.8) is 0 Å². The largest absolute Gasteiger partial charge is 0.481 e. The number of nitrogens with one attached hydrogen (secondary N) is 1. The van der Waals surface area contributed by atoms with E-state index in [2.05, 4.69) is 17.4 Å². The molecule has 3 aromatic carbocycles. The molecule has 0 saturated heterocycles. The number of rotatable bonds is 7. The van der Waals surface area contributed by atoms with Crippen molar-refractivity contribution in [2.75, 3.05) is 5.32 Å². The van der Waals surface area contributed by atoms with E-state index in [-0.39, 0.29) is 10.0 Å². The van der Waals surface area contributed by atoms with Crippen LogP contribution in [0.2, 0.25) is 10.0 Å². The molecule has 6 heteroatoms. The normalized spacial score (nSPS) is 11.7. The van der Waals surface area contributed by atoms with Crippen LogP contribution in [0.5, 0.6) is 11.5 Å². The van der Waals surface area contributed by atoms with Crippen LogP contribution in [0, 0.1) is 0 Å². The molecule has 0 radical (unpaired) electrons. The van der Waals surface area contributed by atoms with Gasteiger partial charge in [-0.1, -0.05) is 53.5 Å². The SMILES string of the molecule is CC(C(=O)O)c1cc(Cl)c(Oc2ccc(NCc3ccccc3)cc2)c(Cl)c1. The Morgan fingerprint density at radius 3 is 2.21 bits per heavy atom. The van der Waals surface area contributed by atoms with Crippen molar-refractivity contribution in [2.45, 2.75) is 19.4 Å². The Morgan fingerprint density at radius 2 is 1.64 bits per heavy atom. The number of carboxylic acids is 1. The first kappa shape index (κ1) is 20.1. The van der Waals surface area contributed by atoms with Crippen LogP contribution in [-0.4, -0.2) is 11.1 Å². The summed E-state index contributed by atoms with van der Waals surface area (Å²) >= 11 is 12.5. The van der Waals surface area contributed by atoms with E-state index < -0.39 is 11.9 Å². The Bertz CT molecular complexity index is 936. The maximum atomic E-state index is 11.2. The average molecular weight is 416 g/mol. The van der Waals surface area contributed by atoms with Crippen molar-refractivity contribution in [2.24, 2.45) is 0 Å². The lowest BCUT2D eigenvalue weighted by atomic mass is 10.0. The van der Waals surface area contributed by atoms with E-state index in [4.69, 9.17) is 33.0 Å². The quantitative estimate of drug-likeness (QED) is 0.456. The lowest BCUT2D eigenvalue weighted by molar-refractivity contribution is -0.138. The summed E-state index contributed by atoms with van der Waals surface area (Å²) in [5.74, 6) is -0.777. The molecule has 0 heterocycles. The van der Waals surface area contributed by atoms with Crippen LogP contribution in [0.4, 0.5) is 5.69 Å². The molecule has 0 bridgehead atoms. The fraction of sp³-hybridized carbons (Fsp3) is 0.136. The predicted molar refractivity (Wildman–Crippen MR) is 113 cm³/mol. The molecule has 0 spiro atoms. The molecule has 0 aliphatic rings. The summed E-state index contributed by atoms with van der Waals surface area (Å²) in [7, 11) is 0. The zero-order valence-electron chi connectivity index (χ0n) is 15.2. The lowest BCUT2D eigenvalue weighted by Crippen LogP contribution is -2.07. The number of halogens is 2. The van der Waals surface area contributed by atoms with Gasteiger partial charge in [0.15, 0.2) is 5.75 Å². The standard InChI is InChI=1S/C22H19Cl2NO3/c1-14(22(26)27)16-11-19(23)21(20(24)12-16)28-18-9-7-17(8-10-18)25-13-15-5-3-2-4-6-15/h2-12,14,25H,13H2,1H3,(H,26,27). The van der Waals surface area contributed by atoms with Crippen molar-refractivity contribution in [3.05, 3.63) is 87.9 Å². The monoisotopic (exact) mass is 415 g/mol. The second-order valence-corrected chi connectivity index (χ2v) is 7.15. The van der Waals surface area contributed by atoms with E-state index in [0.717, 1.165) is 12.2 Å². The summed E-state index contributed by atoms with van der Waals surface area (Å²) in [6.07, 6.45) is 0. The first-order valence-corrected chi connectivity index (χ1v) is 9.47. The van der Waals surface area contributed by atoms with Crippen LogP contribution in [0.15, 0.2) is 66.7 Å². The number of ether oxygens (including phenoxy) is 1. The third-order valence-corrected chi connectivity index (χ3v) is 4.87. The van der Waals surface area contributed by atoms with Gasteiger partial charge in [0.2, 0.25) is 0 Å². The molecule has 3 rings (SSSR count). The second kappa shape index (κ2) is 9.00. The van der Waals surface area contributed by atoms with Crippen molar-refractivity contribution < 1.29 is 14.6 Å². The topological polar surface area (TPSA) is 58.6 Å². The van der Waals surface area contributed by atoms with Crippen LogP contribution < -0.4 is 10.1 Å². The van der Waals surface area contributed by atoms with Crippen LogP contribution >= 0.6 is 23.2 Å². The van der Waals surface area contributed by atoms with Gasteiger partial charge >= 0.3 is 5.97 Å². The van der Waals surface area contributed by atoms with Gasteiger partial charge in [-0.3, -0.25) is 4.79 Å². The molecule has 0 amide bonds. The summed E-state index contributed by atoms with van der Waals surface area (Å²) in [6, 6.07) is 20.7. The molecule has 0 aliphatic carbocycles. The molecule has 0 saturated carbocycles. The summed E-state index contributed by atoms with van der Waals surface area (Å²) in [4.78, 5) is 11.2. The Balaban J connectivity index is 1.69. The van der Waals surface area contributed by atoms with Gasteiger partial charge < -0.3 is 15.2 Å². The van der Waals surface area contributed by atoms with Gasteiger partial charge in [0.25, 0.3) is 0 Å². The zero-order valence-corrected chi connectivity index (χ0v) is 16.7. The van der Waals surface area contributed by atoms with Gasteiger partial charge in [-0.2, -0.15) is 0 Å². The van der Waals surface area contributed by atoms with E-state index in [1.54, 1.807) is 19.1 Å². The van der Waals surface area contributed by atoms with Crippen molar-refractivity contribution >= 4 is 34.9 Å². The minimum absolute atomic E-state index is 0.266. The first-order valence-electron chi connectivity index (χ1n) is 8.71. The summed E-state index contributed by atoms with van der Waals surface area (Å²) in [5.41, 5.74) is 2.67. The lowest BCUT2D eigenvalue weighted by Gasteiger charge is -2.14. The molecule has 3 aromatic rings. The van der Waals surface area contributed by atoms with Gasteiger partial charge in [-0.05, 0) is 54.4 Å². The zero-order chi connectivity index (χ0) is 20.1. The molecule has 2 N–H and O–H groups in total. The molecule has 1 atom stereocenters. The van der Waals surface area contributed by atoms with E-state index in [9.17, 15) is 4.79 Å². The predicted octanol–water partition coefficient (Wildman–Crippen LogP) is 6.59. The molecule has 144 valence electrons. The summed E-state index contributed by atoms with van der Waals surface area (Å²) < 4.78 is 5.81. The van der Waals surface area contributed by atoms with E-state index in [1.807, 2.05) is 42.5 Å². The highest BCUT2D eigenvalue weighted by atomic mass is 35.5. The number of carbonyl (C=O) groups is 1. The van der Waals surface area contributed by atoms with Gasteiger partial charge in [0.1, 0.15) is 5.75 Å². The van der Waals surface area contributed by atoms with Gasteiger partial charge in [-0.15, -0.1) is 0 Å². The fourth-order valence-electron chi connectivity index (χ4n) is 2.63. The minimum Gasteiger partial charge on any atom is -0.481 e. The Kier molecular flexibility index (Phi) is 6.45. The number of aliphatic carboxylic acids is 1. The number of anilines is 1. The highest BCUT2D eigenvalue weighted by molar-refractivity contribution is 6.37.